The molecule has 0 aromatic carbocycles. The first-order chi connectivity index (χ1) is 19.1. The molecule has 0 aromatic rings. The molecule has 2 saturated carbocycles. The molecule has 4 aliphatic rings. The van der Waals surface area contributed by atoms with Crippen LogP contribution in [-0.4, -0.2) is 6.61 Å². The number of rotatable bonds is 13. The van der Waals surface area contributed by atoms with Gasteiger partial charge in [-0.25, -0.2) is 8.78 Å². The quantitative estimate of drug-likeness (QED) is 0.167. The van der Waals surface area contributed by atoms with Crippen molar-refractivity contribution >= 4 is 0 Å². The van der Waals surface area contributed by atoms with Crippen molar-refractivity contribution in [2.24, 2.45) is 35.5 Å². The normalized spacial score (nSPS) is 32.2. The second-order valence-corrected chi connectivity index (χ2v) is 13.0. The molecule has 0 aliphatic heterocycles. The molecule has 0 bridgehead atoms. The van der Waals surface area contributed by atoms with Gasteiger partial charge in [0.05, 0.1) is 6.61 Å². The lowest BCUT2D eigenvalue weighted by Gasteiger charge is -2.30. The summed E-state index contributed by atoms with van der Waals surface area (Å²) in [5, 5.41) is 0. The first-order valence-electron chi connectivity index (χ1n) is 16.4. The molecule has 0 spiro atoms. The number of halogens is 2. The molecule has 2 unspecified atom stereocenters. The summed E-state index contributed by atoms with van der Waals surface area (Å²) in [4.78, 5) is 0. The van der Waals surface area contributed by atoms with Gasteiger partial charge < -0.3 is 4.74 Å². The fraction of sp³-hybridized carbons (Fsp3) is 0.722. The van der Waals surface area contributed by atoms with Crippen molar-refractivity contribution in [3.63, 3.8) is 0 Å². The van der Waals surface area contributed by atoms with Crippen molar-refractivity contribution < 1.29 is 13.5 Å². The van der Waals surface area contributed by atoms with Crippen LogP contribution < -0.4 is 0 Å². The van der Waals surface area contributed by atoms with Crippen molar-refractivity contribution in [3.05, 3.63) is 59.9 Å². The van der Waals surface area contributed by atoms with E-state index in [-0.39, 0.29) is 11.7 Å². The Bertz CT molecular complexity index is 880. The molecule has 0 amide bonds. The molecule has 0 radical (unpaired) electrons. The predicted molar refractivity (Wildman–Crippen MR) is 160 cm³/mol. The van der Waals surface area contributed by atoms with Gasteiger partial charge in [-0.2, -0.15) is 0 Å². The van der Waals surface area contributed by atoms with Crippen LogP contribution in [0.1, 0.15) is 122 Å². The standard InChI is InChI=1S/C36H54F2O/c1-3-5-7-9-28-10-12-29(13-11-28)14-15-30-20-22-32(23-21-30)33-24-25-34(36(38)35(33)37)39-26-31-18-16-27(17-19-31)8-6-4-2/h4,14-15,20,22,27-32H,2-3,5-13,16-19,21,23-26H2,1H3. The Balaban J connectivity index is 1.21. The predicted octanol–water partition coefficient (Wildman–Crippen LogP) is 11.5. The Kier molecular flexibility index (Phi) is 12.4. The lowest BCUT2D eigenvalue weighted by atomic mass is 9.78. The third-order valence-electron chi connectivity index (χ3n) is 10.2. The van der Waals surface area contributed by atoms with Crippen LogP contribution in [-0.2, 0) is 4.74 Å². The van der Waals surface area contributed by atoms with Crippen LogP contribution in [0, 0.1) is 35.5 Å². The summed E-state index contributed by atoms with van der Waals surface area (Å²) in [6, 6.07) is 0. The van der Waals surface area contributed by atoms with Crippen molar-refractivity contribution in [1.29, 1.82) is 0 Å². The summed E-state index contributed by atoms with van der Waals surface area (Å²) in [7, 11) is 0. The Morgan fingerprint density at radius 3 is 2.21 bits per heavy atom. The highest BCUT2D eigenvalue weighted by atomic mass is 19.2. The van der Waals surface area contributed by atoms with E-state index in [1.807, 2.05) is 6.08 Å². The largest absolute Gasteiger partial charge is 0.494 e. The molecule has 3 heteroatoms. The fourth-order valence-corrected chi connectivity index (χ4v) is 7.42. The van der Waals surface area contributed by atoms with Gasteiger partial charge in [0.15, 0.2) is 11.7 Å². The fourth-order valence-electron chi connectivity index (χ4n) is 7.42. The molecule has 1 nitrogen and oxygen atoms in total. The van der Waals surface area contributed by atoms with Crippen molar-refractivity contribution in [1.82, 2.24) is 0 Å². The van der Waals surface area contributed by atoms with E-state index >= 15 is 4.39 Å². The maximum atomic E-state index is 15.1. The average molecular weight is 541 g/mol. The highest BCUT2D eigenvalue weighted by molar-refractivity contribution is 5.35. The maximum Gasteiger partial charge on any atom is 0.196 e. The minimum absolute atomic E-state index is 0.0198. The molecule has 4 rings (SSSR count). The van der Waals surface area contributed by atoms with Gasteiger partial charge in [-0.15, -0.1) is 6.58 Å². The SMILES string of the molecule is C=CCCC1CCC(COC2=C(F)C(F)=C(C3C=CC(C=CC4CCC(CCCCC)CC4)CC3)CC2)CC1. The summed E-state index contributed by atoms with van der Waals surface area (Å²) >= 11 is 0. The maximum absolute atomic E-state index is 15.1. The van der Waals surface area contributed by atoms with E-state index in [9.17, 15) is 4.39 Å². The van der Waals surface area contributed by atoms with E-state index in [1.54, 1.807) is 0 Å². The van der Waals surface area contributed by atoms with Crippen LogP contribution in [0.3, 0.4) is 0 Å². The summed E-state index contributed by atoms with van der Waals surface area (Å²) in [6.45, 7) is 6.63. The molecule has 0 saturated heterocycles. The topological polar surface area (TPSA) is 9.23 Å². The molecule has 39 heavy (non-hydrogen) atoms. The zero-order valence-electron chi connectivity index (χ0n) is 24.7. The minimum atomic E-state index is -0.739. The van der Waals surface area contributed by atoms with Gasteiger partial charge in [0.2, 0.25) is 0 Å². The summed E-state index contributed by atoms with van der Waals surface area (Å²) in [6.07, 6.45) is 32.1. The monoisotopic (exact) mass is 540 g/mol. The van der Waals surface area contributed by atoms with Crippen molar-refractivity contribution in [3.8, 4) is 0 Å². The van der Waals surface area contributed by atoms with Crippen molar-refractivity contribution in [2.75, 3.05) is 6.61 Å². The second-order valence-electron chi connectivity index (χ2n) is 13.0. The molecule has 0 N–H and O–H groups in total. The van der Waals surface area contributed by atoms with E-state index in [2.05, 4.69) is 37.8 Å². The first-order valence-corrected chi connectivity index (χ1v) is 16.4. The Hall–Kier alpha value is -1.64. The molecule has 0 heterocycles. The number of ether oxygens (including phenoxy) is 1. The second kappa shape index (κ2) is 16.0. The van der Waals surface area contributed by atoms with Gasteiger partial charge in [0, 0.05) is 12.3 Å². The zero-order chi connectivity index (χ0) is 27.5. The van der Waals surface area contributed by atoms with Gasteiger partial charge in [-0.05, 0) is 106 Å². The Morgan fingerprint density at radius 2 is 1.51 bits per heavy atom. The van der Waals surface area contributed by atoms with Crippen LogP contribution in [0.5, 0.6) is 0 Å². The van der Waals surface area contributed by atoms with E-state index in [4.69, 9.17) is 4.74 Å². The minimum Gasteiger partial charge on any atom is -0.494 e. The number of unbranched alkanes of at least 4 members (excludes halogenated alkanes) is 2. The summed E-state index contributed by atoms with van der Waals surface area (Å²) < 4.78 is 36.0. The van der Waals surface area contributed by atoms with E-state index < -0.39 is 11.7 Å². The van der Waals surface area contributed by atoms with Crippen molar-refractivity contribution in [2.45, 2.75) is 122 Å². The molecular weight excluding hydrogens is 486 g/mol. The Labute approximate surface area is 237 Å². The van der Waals surface area contributed by atoms with Gasteiger partial charge in [0.1, 0.15) is 5.76 Å². The lowest BCUT2D eigenvalue weighted by Crippen LogP contribution is -2.20. The zero-order valence-corrected chi connectivity index (χ0v) is 24.7. The summed E-state index contributed by atoms with van der Waals surface area (Å²) in [5.74, 6) is 2.22. The third kappa shape index (κ3) is 9.19. The Morgan fingerprint density at radius 1 is 0.795 bits per heavy atom. The highest BCUT2D eigenvalue weighted by Crippen LogP contribution is 2.41. The number of allylic oxidation sites excluding steroid dienone is 9. The first kappa shape index (κ1) is 30.3. The van der Waals surface area contributed by atoms with Gasteiger partial charge in [0.25, 0.3) is 0 Å². The highest BCUT2D eigenvalue weighted by Gasteiger charge is 2.30. The molecule has 4 aliphatic carbocycles. The van der Waals surface area contributed by atoms with E-state index in [1.165, 1.54) is 70.6 Å². The molecule has 218 valence electrons. The third-order valence-corrected chi connectivity index (χ3v) is 10.2. The van der Waals surface area contributed by atoms with Crippen LogP contribution in [0.2, 0.25) is 0 Å². The van der Waals surface area contributed by atoms with Gasteiger partial charge in [-0.1, -0.05) is 75.8 Å². The van der Waals surface area contributed by atoms with Crippen LogP contribution in [0.15, 0.2) is 59.9 Å². The van der Waals surface area contributed by atoms with Gasteiger partial charge >= 0.3 is 0 Å². The van der Waals surface area contributed by atoms with Gasteiger partial charge in [-0.3, -0.25) is 0 Å². The molecule has 2 atom stereocenters. The molecule has 0 aromatic heterocycles. The van der Waals surface area contributed by atoms with Crippen LogP contribution in [0.25, 0.3) is 0 Å². The number of hydrogen-bond donors (Lipinski definition) is 0. The molecular formula is C36H54F2O. The smallest absolute Gasteiger partial charge is 0.196 e. The van der Waals surface area contributed by atoms with Crippen LogP contribution >= 0.6 is 0 Å². The molecule has 2 fully saturated rings. The van der Waals surface area contributed by atoms with E-state index in [0.29, 0.717) is 36.9 Å². The van der Waals surface area contributed by atoms with E-state index in [0.717, 1.165) is 49.9 Å². The number of hydrogen-bond acceptors (Lipinski definition) is 1. The average Bonchev–Trinajstić information content (AvgIpc) is 2.97. The van der Waals surface area contributed by atoms with Crippen LogP contribution in [0.4, 0.5) is 8.78 Å². The summed E-state index contributed by atoms with van der Waals surface area (Å²) in [5.41, 5.74) is 0.641. The lowest BCUT2D eigenvalue weighted by molar-refractivity contribution is 0.114.